The molecule has 0 spiro atoms. The van der Waals surface area contributed by atoms with E-state index in [1.807, 2.05) is 13.8 Å². The number of fused-ring (bicyclic) bond motifs is 4. The first kappa shape index (κ1) is 20.8. The van der Waals surface area contributed by atoms with Gasteiger partial charge in [-0.2, -0.15) is 0 Å². The van der Waals surface area contributed by atoms with Gasteiger partial charge >= 0.3 is 7.48 Å². The Hall–Kier alpha value is -3.14. The zero-order valence-electron chi connectivity index (χ0n) is 18.8. The second kappa shape index (κ2) is 8.09. The predicted molar refractivity (Wildman–Crippen MR) is 138 cm³/mol. The Labute approximate surface area is 189 Å². The molecule has 158 valence electrons. The predicted octanol–water partition coefficient (Wildman–Crippen LogP) is 5.97. The van der Waals surface area contributed by atoms with E-state index in [2.05, 4.69) is 91.0 Å². The Kier molecular flexibility index (Phi) is 5.24. The molecule has 0 radical (unpaired) electrons. The minimum Gasteiger partial charge on any atom is -0.427 e. The molecular formula is C29H27BO2. The van der Waals surface area contributed by atoms with Gasteiger partial charge in [0, 0.05) is 0 Å². The van der Waals surface area contributed by atoms with Gasteiger partial charge in [-0.05, 0) is 76.3 Å². The summed E-state index contributed by atoms with van der Waals surface area (Å²) in [5.74, 6) is 0. The minimum atomic E-state index is -0.569. The van der Waals surface area contributed by atoms with E-state index in [0.717, 1.165) is 5.46 Å². The smallest absolute Gasteiger partial charge is 0.309 e. The Morgan fingerprint density at radius 1 is 0.688 bits per heavy atom. The van der Waals surface area contributed by atoms with Crippen LogP contribution >= 0.6 is 0 Å². The highest BCUT2D eigenvalue weighted by Gasteiger charge is 2.24. The van der Waals surface area contributed by atoms with E-state index >= 15 is 0 Å². The van der Waals surface area contributed by atoms with Gasteiger partial charge in [0.2, 0.25) is 0 Å². The van der Waals surface area contributed by atoms with Gasteiger partial charge in [0.1, 0.15) is 0 Å². The molecule has 1 N–H and O–H groups in total. The van der Waals surface area contributed by atoms with Crippen LogP contribution in [0.2, 0.25) is 0 Å². The number of rotatable bonds is 5. The summed E-state index contributed by atoms with van der Waals surface area (Å²) in [5, 5.41) is 17.4. The molecule has 0 saturated heterocycles. The van der Waals surface area contributed by atoms with Gasteiger partial charge in [0.05, 0.1) is 11.7 Å². The lowest BCUT2D eigenvalue weighted by Gasteiger charge is -2.28. The lowest BCUT2D eigenvalue weighted by Crippen LogP contribution is -2.40. The average Bonchev–Trinajstić information content (AvgIpc) is 2.81. The van der Waals surface area contributed by atoms with E-state index in [1.54, 1.807) is 6.92 Å². The fourth-order valence-electron chi connectivity index (χ4n) is 4.15. The Bertz CT molecular complexity index is 1440. The molecule has 0 heterocycles. The summed E-state index contributed by atoms with van der Waals surface area (Å²) >= 11 is 0. The molecule has 5 rings (SSSR count). The van der Waals surface area contributed by atoms with Gasteiger partial charge in [-0.3, -0.25) is 0 Å². The van der Waals surface area contributed by atoms with Crippen LogP contribution in [0.25, 0.3) is 43.4 Å². The van der Waals surface area contributed by atoms with Crippen molar-refractivity contribution in [2.24, 2.45) is 0 Å². The zero-order valence-corrected chi connectivity index (χ0v) is 18.8. The average molecular weight is 418 g/mol. The van der Waals surface area contributed by atoms with Crippen molar-refractivity contribution in [3.05, 3.63) is 91.0 Å². The van der Waals surface area contributed by atoms with Crippen LogP contribution in [0.5, 0.6) is 0 Å². The van der Waals surface area contributed by atoms with Gasteiger partial charge in [0.15, 0.2) is 0 Å². The maximum Gasteiger partial charge on any atom is 0.309 e. The molecular weight excluding hydrogens is 391 g/mol. The maximum absolute atomic E-state index is 9.86. The lowest BCUT2D eigenvalue weighted by atomic mass is 9.84. The number of hydrogen-bond donors (Lipinski definition) is 1. The summed E-state index contributed by atoms with van der Waals surface area (Å²) in [6.07, 6.45) is -0.523. The van der Waals surface area contributed by atoms with Crippen LogP contribution < -0.4 is 5.46 Å². The summed E-state index contributed by atoms with van der Waals surface area (Å²) in [6, 6.07) is 32.7. The maximum atomic E-state index is 9.86. The molecule has 0 aromatic heterocycles. The van der Waals surface area contributed by atoms with Crippen LogP contribution in [0.4, 0.5) is 0 Å². The number of benzene rings is 5. The van der Waals surface area contributed by atoms with Gasteiger partial charge < -0.3 is 9.76 Å². The third-order valence-corrected chi connectivity index (χ3v) is 6.60. The second-order valence-electron chi connectivity index (χ2n) is 9.19. The summed E-state index contributed by atoms with van der Waals surface area (Å²) in [5.41, 5.74) is 2.98. The van der Waals surface area contributed by atoms with Crippen molar-refractivity contribution < 1.29 is 9.76 Å². The molecule has 0 aliphatic rings. The van der Waals surface area contributed by atoms with Crippen molar-refractivity contribution in [1.82, 2.24) is 0 Å². The van der Waals surface area contributed by atoms with Crippen molar-refractivity contribution in [3.8, 4) is 11.1 Å². The summed E-state index contributed by atoms with van der Waals surface area (Å²) in [7, 11) is 0.480. The molecule has 0 bridgehead atoms. The molecule has 1 unspecified atom stereocenters. The van der Waals surface area contributed by atoms with Crippen LogP contribution in [-0.2, 0) is 4.65 Å². The second-order valence-corrected chi connectivity index (χ2v) is 9.19. The SMILES string of the molecule is CC(O)C(C)(C)OBc1ccc2cc(-c3ccc4c(ccc5ccccc54)c3)ccc2c1. The zero-order chi connectivity index (χ0) is 22.3. The van der Waals surface area contributed by atoms with Crippen molar-refractivity contribution in [2.45, 2.75) is 32.5 Å². The minimum absolute atomic E-state index is 0.480. The first-order valence-corrected chi connectivity index (χ1v) is 11.2. The van der Waals surface area contributed by atoms with E-state index in [-0.39, 0.29) is 0 Å². The van der Waals surface area contributed by atoms with Gasteiger partial charge in [0.25, 0.3) is 0 Å². The molecule has 3 heteroatoms. The van der Waals surface area contributed by atoms with Crippen molar-refractivity contribution in [1.29, 1.82) is 0 Å². The highest BCUT2D eigenvalue weighted by atomic mass is 16.5. The Morgan fingerprint density at radius 2 is 1.28 bits per heavy atom. The van der Waals surface area contributed by atoms with Crippen LogP contribution in [0.1, 0.15) is 20.8 Å². The quantitative estimate of drug-likeness (QED) is 0.282. The number of aliphatic hydroxyl groups is 1. The van der Waals surface area contributed by atoms with Crippen molar-refractivity contribution >= 4 is 45.3 Å². The van der Waals surface area contributed by atoms with Gasteiger partial charge in [-0.15, -0.1) is 0 Å². The van der Waals surface area contributed by atoms with Crippen molar-refractivity contribution in [2.75, 3.05) is 0 Å². The molecule has 1 atom stereocenters. The molecule has 2 nitrogen and oxygen atoms in total. The number of aliphatic hydroxyl groups excluding tert-OH is 1. The van der Waals surface area contributed by atoms with E-state index in [9.17, 15) is 5.11 Å². The molecule has 5 aromatic rings. The highest BCUT2D eigenvalue weighted by Crippen LogP contribution is 2.31. The Morgan fingerprint density at radius 3 is 2.09 bits per heavy atom. The standard InChI is InChI=1S/C29H27BO2/c1-19(31)29(2,3)32-30-26-14-12-22-16-21(9-10-24(22)18-26)23-13-15-28-25(17-23)11-8-20-6-4-5-7-27(20)28/h4-19,30-31H,1-3H3. The van der Waals surface area contributed by atoms with Crippen LogP contribution in [0, 0.1) is 0 Å². The van der Waals surface area contributed by atoms with Crippen molar-refractivity contribution in [3.63, 3.8) is 0 Å². The Balaban J connectivity index is 1.45. The molecule has 0 amide bonds. The van der Waals surface area contributed by atoms with Crippen LogP contribution in [0.15, 0.2) is 91.0 Å². The largest absolute Gasteiger partial charge is 0.427 e. The van der Waals surface area contributed by atoms with Gasteiger partial charge in [-0.25, -0.2) is 0 Å². The lowest BCUT2D eigenvalue weighted by molar-refractivity contribution is -0.0146. The van der Waals surface area contributed by atoms with Crippen LogP contribution in [-0.4, -0.2) is 24.3 Å². The van der Waals surface area contributed by atoms with Gasteiger partial charge in [-0.1, -0.05) is 84.3 Å². The third-order valence-electron chi connectivity index (χ3n) is 6.60. The topological polar surface area (TPSA) is 29.5 Å². The van der Waals surface area contributed by atoms with E-state index in [1.165, 1.54) is 43.4 Å². The molecule has 5 aromatic carbocycles. The fourth-order valence-corrected chi connectivity index (χ4v) is 4.15. The molecule has 0 aliphatic heterocycles. The highest BCUT2D eigenvalue weighted by molar-refractivity contribution is 6.47. The van der Waals surface area contributed by atoms with E-state index in [4.69, 9.17) is 4.65 Å². The molecule has 0 fully saturated rings. The summed E-state index contributed by atoms with van der Waals surface area (Å²) < 4.78 is 5.94. The molecule has 32 heavy (non-hydrogen) atoms. The summed E-state index contributed by atoms with van der Waals surface area (Å²) in [6.45, 7) is 5.59. The third kappa shape index (κ3) is 3.90. The fraction of sp³-hybridized carbons (Fsp3) is 0.172. The van der Waals surface area contributed by atoms with Crippen LogP contribution in [0.3, 0.4) is 0 Å². The number of hydrogen-bond acceptors (Lipinski definition) is 2. The first-order chi connectivity index (χ1) is 15.4. The monoisotopic (exact) mass is 418 g/mol. The molecule has 0 aliphatic carbocycles. The first-order valence-electron chi connectivity index (χ1n) is 11.2. The van der Waals surface area contributed by atoms with E-state index < -0.39 is 11.7 Å². The molecule has 0 saturated carbocycles. The summed E-state index contributed by atoms with van der Waals surface area (Å²) in [4.78, 5) is 0. The van der Waals surface area contributed by atoms with E-state index in [0.29, 0.717) is 7.48 Å². The normalized spacial score (nSPS) is 13.0.